The molecule has 2 unspecified atom stereocenters. The van der Waals surface area contributed by atoms with Crippen LogP contribution in [0.15, 0.2) is 0 Å². The molecule has 1 saturated heterocycles. The minimum absolute atomic E-state index is 0.214. The van der Waals surface area contributed by atoms with Crippen LogP contribution in [0.2, 0.25) is 0 Å². The summed E-state index contributed by atoms with van der Waals surface area (Å²) in [6.07, 6.45) is -0.836. The summed E-state index contributed by atoms with van der Waals surface area (Å²) in [4.78, 5) is 3.38. The molecule has 66 valence electrons. The van der Waals surface area contributed by atoms with Gasteiger partial charge >= 0.3 is 0 Å². The molecule has 1 fully saturated rings. The molecule has 1 aliphatic heterocycles. The van der Waals surface area contributed by atoms with Crippen molar-refractivity contribution in [2.24, 2.45) is 0 Å². The van der Waals surface area contributed by atoms with E-state index in [1.165, 1.54) is 0 Å². The van der Waals surface area contributed by atoms with E-state index in [-0.39, 0.29) is 5.50 Å². The van der Waals surface area contributed by atoms with Gasteiger partial charge in [0.2, 0.25) is 0 Å². The molecule has 0 aromatic heterocycles. The Labute approximate surface area is 71.8 Å². The molecule has 1 rings (SSSR count). The Morgan fingerprint density at radius 3 is 1.91 bits per heavy atom. The van der Waals surface area contributed by atoms with Crippen molar-refractivity contribution in [3.05, 3.63) is 0 Å². The monoisotopic (exact) mass is 178 g/mol. The second-order valence-electron chi connectivity index (χ2n) is 2.87. The molecule has 1 heterocycles. The van der Waals surface area contributed by atoms with Gasteiger partial charge in [0.15, 0.2) is 0 Å². The number of aliphatic hydroxyl groups excluding tert-OH is 2. The second kappa shape index (κ2) is 3.28. The summed E-state index contributed by atoms with van der Waals surface area (Å²) in [5.41, 5.74) is -0.214. The Hall–Kier alpha value is 0.190. The first-order valence-corrected chi connectivity index (χ1v) is 4.03. The zero-order chi connectivity index (χ0) is 8.59. The number of rotatable bonds is 0. The van der Waals surface area contributed by atoms with Crippen LogP contribution >= 0.6 is 12.6 Å². The summed E-state index contributed by atoms with van der Waals surface area (Å²) in [5.74, 6) is 0. The van der Waals surface area contributed by atoms with Crippen LogP contribution < -0.4 is 0 Å². The first-order chi connectivity index (χ1) is 5.04. The quantitative estimate of drug-likeness (QED) is 0.421. The molecule has 2 atom stereocenters. The van der Waals surface area contributed by atoms with Gasteiger partial charge in [-0.25, -0.2) is 0 Å². The van der Waals surface area contributed by atoms with Crippen LogP contribution in [-0.2, 0) is 0 Å². The summed E-state index contributed by atoms with van der Waals surface area (Å²) in [6, 6.07) is 0. The van der Waals surface area contributed by atoms with E-state index in [1.54, 1.807) is 23.9 Å². The van der Waals surface area contributed by atoms with Crippen LogP contribution in [0.4, 0.5) is 0 Å². The minimum Gasteiger partial charge on any atom is -0.378 e. The molecule has 0 spiro atoms. The molecular weight excluding hydrogens is 164 g/mol. The third-order valence-corrected chi connectivity index (χ3v) is 2.82. The average Bonchev–Trinajstić information content (AvgIpc) is 1.97. The normalized spacial score (nSPS) is 42.8. The van der Waals surface area contributed by atoms with E-state index >= 15 is 0 Å². The maximum absolute atomic E-state index is 9.33. The number of hydrogen-bond acceptors (Lipinski definition) is 5. The lowest BCUT2D eigenvalue weighted by Gasteiger charge is -2.43. The van der Waals surface area contributed by atoms with Gasteiger partial charge in [-0.1, -0.05) is 0 Å². The average molecular weight is 178 g/mol. The number of thiol groups is 1. The smallest absolute Gasteiger partial charge is 0.112 e. The molecule has 0 aromatic rings. The highest BCUT2D eigenvalue weighted by Crippen LogP contribution is 2.21. The topological polar surface area (TPSA) is 46.9 Å². The van der Waals surface area contributed by atoms with Crippen molar-refractivity contribution in [3.8, 4) is 0 Å². The van der Waals surface area contributed by atoms with Crippen molar-refractivity contribution in [1.82, 2.24) is 9.80 Å². The molecule has 1 aliphatic rings. The van der Waals surface area contributed by atoms with Crippen LogP contribution in [-0.4, -0.2) is 52.1 Å². The van der Waals surface area contributed by atoms with Gasteiger partial charge in [-0.15, -0.1) is 12.6 Å². The standard InChI is InChI=1S/C6H14N2O2S/c1-7-4(9)3-5(10)8(2)6(7)11/h4-6,9-11H,3H2,1-2H3. The minimum atomic E-state index is -0.594. The molecule has 5 heteroatoms. The predicted molar refractivity (Wildman–Crippen MR) is 44.9 cm³/mol. The Kier molecular flexibility index (Phi) is 2.77. The van der Waals surface area contributed by atoms with Crippen molar-refractivity contribution in [1.29, 1.82) is 0 Å². The summed E-state index contributed by atoms with van der Waals surface area (Å²) < 4.78 is 0. The lowest BCUT2D eigenvalue weighted by Crippen LogP contribution is -2.56. The van der Waals surface area contributed by atoms with E-state index in [2.05, 4.69) is 12.6 Å². The lowest BCUT2D eigenvalue weighted by molar-refractivity contribution is -0.146. The predicted octanol–water partition coefficient (Wildman–Crippen LogP) is -0.896. The molecule has 11 heavy (non-hydrogen) atoms. The molecule has 0 amide bonds. The van der Waals surface area contributed by atoms with Crippen molar-refractivity contribution < 1.29 is 10.2 Å². The van der Waals surface area contributed by atoms with Crippen molar-refractivity contribution in [2.45, 2.75) is 24.4 Å². The third-order valence-electron chi connectivity index (χ3n) is 2.09. The fourth-order valence-corrected chi connectivity index (χ4v) is 1.42. The number of nitrogens with zero attached hydrogens (tertiary/aromatic N) is 2. The van der Waals surface area contributed by atoms with E-state index in [0.717, 1.165) is 0 Å². The van der Waals surface area contributed by atoms with E-state index in [9.17, 15) is 10.2 Å². The highest BCUT2D eigenvalue weighted by atomic mass is 32.1. The fourth-order valence-electron chi connectivity index (χ4n) is 1.12. The van der Waals surface area contributed by atoms with Gasteiger partial charge in [0.05, 0.1) is 0 Å². The zero-order valence-corrected chi connectivity index (χ0v) is 7.57. The van der Waals surface area contributed by atoms with Gasteiger partial charge in [0.25, 0.3) is 0 Å². The molecule has 0 aromatic carbocycles. The highest BCUT2D eigenvalue weighted by molar-refractivity contribution is 7.80. The highest BCUT2D eigenvalue weighted by Gasteiger charge is 2.33. The van der Waals surface area contributed by atoms with Crippen molar-refractivity contribution >= 4 is 12.6 Å². The van der Waals surface area contributed by atoms with Crippen LogP contribution in [0.5, 0.6) is 0 Å². The Bertz CT molecular complexity index is 133. The Morgan fingerprint density at radius 1 is 1.18 bits per heavy atom. The van der Waals surface area contributed by atoms with Gasteiger partial charge in [0.1, 0.15) is 18.0 Å². The van der Waals surface area contributed by atoms with Crippen LogP contribution in [0.1, 0.15) is 6.42 Å². The summed E-state index contributed by atoms with van der Waals surface area (Å²) in [7, 11) is 3.54. The molecule has 0 saturated carbocycles. The Balaban J connectivity index is 2.63. The number of aliphatic hydroxyl groups is 2. The Morgan fingerprint density at radius 2 is 1.55 bits per heavy atom. The van der Waals surface area contributed by atoms with E-state index in [1.807, 2.05) is 0 Å². The molecule has 2 N–H and O–H groups in total. The lowest BCUT2D eigenvalue weighted by atomic mass is 10.2. The van der Waals surface area contributed by atoms with Crippen LogP contribution in [0.3, 0.4) is 0 Å². The molecule has 0 aliphatic carbocycles. The first kappa shape index (κ1) is 9.28. The molecular formula is C6H14N2O2S. The summed E-state index contributed by atoms with van der Waals surface area (Å²) in [5, 5.41) is 18.7. The molecule has 0 radical (unpaired) electrons. The van der Waals surface area contributed by atoms with Gasteiger partial charge in [-0.05, 0) is 14.1 Å². The maximum Gasteiger partial charge on any atom is 0.112 e. The summed E-state index contributed by atoms with van der Waals surface area (Å²) >= 11 is 4.20. The first-order valence-electron chi connectivity index (χ1n) is 3.52. The third kappa shape index (κ3) is 1.68. The van der Waals surface area contributed by atoms with E-state index < -0.39 is 12.5 Å². The van der Waals surface area contributed by atoms with Crippen LogP contribution in [0.25, 0.3) is 0 Å². The summed E-state index contributed by atoms with van der Waals surface area (Å²) in [6.45, 7) is 0. The zero-order valence-electron chi connectivity index (χ0n) is 6.68. The van der Waals surface area contributed by atoms with Crippen molar-refractivity contribution in [3.63, 3.8) is 0 Å². The van der Waals surface area contributed by atoms with Gasteiger partial charge in [0, 0.05) is 6.42 Å². The van der Waals surface area contributed by atoms with Gasteiger partial charge < -0.3 is 10.2 Å². The van der Waals surface area contributed by atoms with Gasteiger partial charge in [-0.2, -0.15) is 0 Å². The van der Waals surface area contributed by atoms with Crippen LogP contribution in [0, 0.1) is 0 Å². The fraction of sp³-hybridized carbons (Fsp3) is 1.00. The van der Waals surface area contributed by atoms with E-state index in [0.29, 0.717) is 6.42 Å². The maximum atomic E-state index is 9.33. The molecule has 0 bridgehead atoms. The van der Waals surface area contributed by atoms with Crippen molar-refractivity contribution in [2.75, 3.05) is 14.1 Å². The molecule has 4 nitrogen and oxygen atoms in total. The number of hydrogen-bond donors (Lipinski definition) is 3. The second-order valence-corrected chi connectivity index (χ2v) is 3.34. The largest absolute Gasteiger partial charge is 0.378 e. The van der Waals surface area contributed by atoms with E-state index in [4.69, 9.17) is 0 Å². The SMILES string of the molecule is CN1C(O)CC(O)N(C)C1S. The van der Waals surface area contributed by atoms with Gasteiger partial charge in [-0.3, -0.25) is 9.80 Å².